The van der Waals surface area contributed by atoms with Crippen LogP contribution in [0.1, 0.15) is 31.4 Å². The maximum Gasteiger partial charge on any atom is 0.215 e. The summed E-state index contributed by atoms with van der Waals surface area (Å²) in [5.41, 5.74) is 1.88. The van der Waals surface area contributed by atoms with Gasteiger partial charge in [0.05, 0.1) is 5.75 Å². The van der Waals surface area contributed by atoms with Gasteiger partial charge in [0.2, 0.25) is 10.0 Å². The van der Waals surface area contributed by atoms with E-state index in [-0.39, 0.29) is 5.75 Å². The molecule has 1 saturated heterocycles. The van der Waals surface area contributed by atoms with E-state index >= 15 is 0 Å². The van der Waals surface area contributed by atoms with Gasteiger partial charge in [0.1, 0.15) is 0 Å². The van der Waals surface area contributed by atoms with Gasteiger partial charge in [-0.2, -0.15) is 0 Å². The van der Waals surface area contributed by atoms with Crippen LogP contribution in [0.3, 0.4) is 0 Å². The number of nitrogens with one attached hydrogen (secondary N) is 2. The fourth-order valence-electron chi connectivity index (χ4n) is 3.39. The summed E-state index contributed by atoms with van der Waals surface area (Å²) in [7, 11) is 0.0180. The van der Waals surface area contributed by atoms with Crippen molar-refractivity contribution in [2.75, 3.05) is 27.2 Å². The maximum absolute atomic E-state index is 11.6. The quantitative estimate of drug-likeness (QED) is 0.615. The zero-order valence-electron chi connectivity index (χ0n) is 15.6. The highest BCUT2D eigenvalue weighted by atomic mass is 32.2. The van der Waals surface area contributed by atoms with Crippen molar-refractivity contribution in [3.63, 3.8) is 0 Å². The number of nitrogens with zero attached hydrogens (tertiary/aromatic N) is 2. The van der Waals surface area contributed by atoms with Gasteiger partial charge in [0.15, 0.2) is 5.96 Å². The summed E-state index contributed by atoms with van der Waals surface area (Å²) in [6.07, 6.45) is 1.27. The monoisotopic (exact) mass is 366 g/mol. The van der Waals surface area contributed by atoms with Crippen LogP contribution < -0.4 is 10.0 Å². The molecular weight excluding hydrogens is 336 g/mol. The number of piperidine rings is 1. The Morgan fingerprint density at radius 3 is 2.24 bits per heavy atom. The normalized spacial score (nSPS) is 22.1. The van der Waals surface area contributed by atoms with Gasteiger partial charge in [0.25, 0.3) is 0 Å². The van der Waals surface area contributed by atoms with Crippen molar-refractivity contribution >= 4 is 16.0 Å². The average Bonchev–Trinajstić information content (AvgIpc) is 2.56. The van der Waals surface area contributed by atoms with Crippen molar-refractivity contribution in [3.8, 4) is 0 Å². The van der Waals surface area contributed by atoms with Crippen LogP contribution in [-0.4, -0.2) is 46.5 Å². The molecule has 0 radical (unpaired) electrons. The minimum Gasteiger partial charge on any atom is -0.352 e. The van der Waals surface area contributed by atoms with Gasteiger partial charge in [-0.15, -0.1) is 0 Å². The molecule has 140 valence electrons. The molecule has 0 aromatic heterocycles. The topological polar surface area (TPSA) is 73.8 Å². The van der Waals surface area contributed by atoms with Crippen LogP contribution in [0.5, 0.6) is 0 Å². The first kappa shape index (κ1) is 19.7. The number of hydrogen-bond donors (Lipinski definition) is 2. The fourth-order valence-corrected chi connectivity index (χ4v) is 4.17. The highest BCUT2D eigenvalue weighted by Crippen LogP contribution is 2.21. The third-order valence-electron chi connectivity index (χ3n) is 4.52. The van der Waals surface area contributed by atoms with Crippen LogP contribution in [0, 0.1) is 11.8 Å². The number of guanidine groups is 1. The first-order valence-electron chi connectivity index (χ1n) is 8.77. The molecule has 1 aliphatic rings. The third kappa shape index (κ3) is 6.01. The zero-order valence-corrected chi connectivity index (χ0v) is 16.4. The molecular formula is C18H30N4O2S. The predicted molar refractivity (Wildman–Crippen MR) is 103 cm³/mol. The Balaban J connectivity index is 1.93. The van der Waals surface area contributed by atoms with E-state index < -0.39 is 10.0 Å². The van der Waals surface area contributed by atoms with Crippen molar-refractivity contribution < 1.29 is 8.42 Å². The van der Waals surface area contributed by atoms with Crippen molar-refractivity contribution in [2.45, 2.75) is 32.6 Å². The van der Waals surface area contributed by atoms with Gasteiger partial charge in [-0.05, 0) is 36.4 Å². The number of aliphatic imine (C=N–C) groups is 1. The largest absolute Gasteiger partial charge is 0.352 e. The summed E-state index contributed by atoms with van der Waals surface area (Å²) in [5.74, 6) is 2.29. The number of sulfonamides is 1. The lowest BCUT2D eigenvalue weighted by molar-refractivity contribution is 0.208. The summed E-state index contributed by atoms with van der Waals surface area (Å²) in [6.45, 7) is 7.31. The molecule has 2 atom stereocenters. The summed E-state index contributed by atoms with van der Waals surface area (Å²) in [5, 5.41) is 3.42. The van der Waals surface area contributed by atoms with Crippen LogP contribution in [0.25, 0.3) is 0 Å². The first-order valence-corrected chi connectivity index (χ1v) is 10.4. The maximum atomic E-state index is 11.6. The van der Waals surface area contributed by atoms with E-state index in [1.165, 1.54) is 13.5 Å². The second-order valence-electron chi connectivity index (χ2n) is 7.03. The molecule has 2 unspecified atom stereocenters. The Hall–Kier alpha value is -1.60. The molecule has 0 bridgehead atoms. The molecule has 2 N–H and O–H groups in total. The Morgan fingerprint density at radius 1 is 1.16 bits per heavy atom. The second-order valence-corrected chi connectivity index (χ2v) is 8.96. The molecule has 0 saturated carbocycles. The van der Waals surface area contributed by atoms with Gasteiger partial charge < -0.3 is 10.2 Å². The fraction of sp³-hybridized carbons (Fsp3) is 0.611. The molecule has 1 aromatic carbocycles. The minimum atomic E-state index is -3.23. The lowest BCUT2D eigenvalue weighted by Crippen LogP contribution is -2.48. The van der Waals surface area contributed by atoms with Gasteiger partial charge >= 0.3 is 0 Å². The summed E-state index contributed by atoms with van der Waals surface area (Å²) >= 11 is 0. The van der Waals surface area contributed by atoms with Gasteiger partial charge in [-0.1, -0.05) is 38.1 Å². The van der Waals surface area contributed by atoms with E-state index in [9.17, 15) is 8.42 Å². The van der Waals surface area contributed by atoms with E-state index in [1.807, 2.05) is 31.3 Å². The van der Waals surface area contributed by atoms with Crippen molar-refractivity contribution in [1.82, 2.24) is 14.9 Å². The zero-order chi connectivity index (χ0) is 18.4. The predicted octanol–water partition coefficient (Wildman–Crippen LogP) is 1.79. The Bertz CT molecular complexity index is 676. The molecule has 1 aromatic rings. The summed E-state index contributed by atoms with van der Waals surface area (Å²) in [6, 6.07) is 7.64. The van der Waals surface area contributed by atoms with Gasteiger partial charge in [-0.25, -0.2) is 13.1 Å². The molecule has 1 aliphatic heterocycles. The molecule has 1 heterocycles. The van der Waals surface area contributed by atoms with Gasteiger partial charge in [0, 0.05) is 26.7 Å². The molecule has 0 amide bonds. The van der Waals surface area contributed by atoms with Crippen LogP contribution >= 0.6 is 0 Å². The molecule has 2 rings (SSSR count). The van der Waals surface area contributed by atoms with Crippen LogP contribution in [0.4, 0.5) is 0 Å². The standard InChI is InChI=1S/C18H30N4O2S/c1-14-9-15(2)12-22(11-14)18(19-3)21-10-16-5-7-17(8-6-16)13-25(23,24)20-4/h5-8,14-15,20H,9-13H2,1-4H3,(H,19,21). The van der Waals surface area contributed by atoms with Crippen molar-refractivity contribution in [1.29, 1.82) is 0 Å². The lowest BCUT2D eigenvalue weighted by atomic mass is 9.92. The average molecular weight is 367 g/mol. The lowest BCUT2D eigenvalue weighted by Gasteiger charge is -2.37. The second kappa shape index (κ2) is 8.67. The molecule has 6 nitrogen and oxygen atoms in total. The number of rotatable bonds is 5. The first-order chi connectivity index (χ1) is 11.8. The molecule has 1 fully saturated rings. The molecule has 25 heavy (non-hydrogen) atoms. The van der Waals surface area contributed by atoms with E-state index in [0.29, 0.717) is 18.4 Å². The van der Waals surface area contributed by atoms with Crippen LogP contribution in [0.15, 0.2) is 29.3 Å². The molecule has 0 aliphatic carbocycles. The smallest absolute Gasteiger partial charge is 0.215 e. The third-order valence-corrected chi connectivity index (χ3v) is 5.86. The van der Waals surface area contributed by atoms with Crippen molar-refractivity contribution in [3.05, 3.63) is 35.4 Å². The number of benzene rings is 1. The summed E-state index contributed by atoms with van der Waals surface area (Å²) < 4.78 is 25.5. The van der Waals surface area contributed by atoms with Crippen LogP contribution in [0.2, 0.25) is 0 Å². The highest BCUT2D eigenvalue weighted by molar-refractivity contribution is 7.88. The van der Waals surface area contributed by atoms with E-state index in [2.05, 4.69) is 33.8 Å². The highest BCUT2D eigenvalue weighted by Gasteiger charge is 2.23. The molecule has 7 heteroatoms. The number of likely N-dealkylation sites (tertiary alicyclic amines) is 1. The minimum absolute atomic E-state index is 0.00241. The SMILES string of the molecule is CN=C(NCc1ccc(CS(=O)(=O)NC)cc1)N1CC(C)CC(C)C1. The Morgan fingerprint density at radius 2 is 1.72 bits per heavy atom. The number of hydrogen-bond acceptors (Lipinski definition) is 3. The molecule has 0 spiro atoms. The van der Waals surface area contributed by atoms with E-state index in [1.54, 1.807) is 0 Å². The van der Waals surface area contributed by atoms with E-state index in [0.717, 1.165) is 30.2 Å². The summed E-state index contributed by atoms with van der Waals surface area (Å²) in [4.78, 5) is 6.74. The van der Waals surface area contributed by atoms with E-state index in [4.69, 9.17) is 0 Å². The Kier molecular flexibility index (Phi) is 6.84. The van der Waals surface area contributed by atoms with Gasteiger partial charge in [-0.3, -0.25) is 4.99 Å². The van der Waals surface area contributed by atoms with Crippen molar-refractivity contribution in [2.24, 2.45) is 16.8 Å². The Labute approximate surface area is 151 Å². The van der Waals surface area contributed by atoms with Crippen LogP contribution in [-0.2, 0) is 22.3 Å².